The number of rotatable bonds is 7. The number of nitrogens with zero attached hydrogens (tertiary/aromatic N) is 2. The summed E-state index contributed by atoms with van der Waals surface area (Å²) in [7, 11) is 0. The maximum absolute atomic E-state index is 12.9. The summed E-state index contributed by atoms with van der Waals surface area (Å²) in [4.78, 5) is 32.1. The van der Waals surface area contributed by atoms with Gasteiger partial charge in [-0.15, -0.1) is 0 Å². The molecule has 4 rings (SSSR count). The van der Waals surface area contributed by atoms with E-state index >= 15 is 0 Å². The minimum atomic E-state index is -0.547. The van der Waals surface area contributed by atoms with Gasteiger partial charge in [0.2, 0.25) is 5.91 Å². The van der Waals surface area contributed by atoms with Gasteiger partial charge in [-0.25, -0.2) is 4.98 Å². The van der Waals surface area contributed by atoms with Crippen molar-refractivity contribution >= 4 is 34.0 Å². The van der Waals surface area contributed by atoms with Gasteiger partial charge in [0, 0.05) is 42.8 Å². The molecule has 1 aliphatic heterocycles. The van der Waals surface area contributed by atoms with Crippen molar-refractivity contribution in [3.05, 3.63) is 65.9 Å². The molecule has 2 heterocycles. The highest BCUT2D eigenvalue weighted by Gasteiger charge is 2.28. The molecule has 0 aliphatic carbocycles. The highest BCUT2D eigenvalue weighted by molar-refractivity contribution is 5.95. The molecule has 1 amide bonds. The molecule has 0 radical (unpaired) electrons. The number of hydrogen-bond donors (Lipinski definition) is 3. The van der Waals surface area contributed by atoms with Gasteiger partial charge in [-0.3, -0.25) is 9.59 Å². The first-order chi connectivity index (χ1) is 15.9. The number of amides is 1. The molecule has 2 atom stereocenters. The standard InChI is InChI=1S/C26H31N5O2/c1-17-19(11-13-25(27)29-17)10-12-24(32)18(2)30-26(33)22-16-31(15-14-28-22)23-9-5-7-20-6-3-4-8-21(20)23/h3-9,11,13,18,22,28H,10,12,14-16H2,1-2H3,(H2,27,29)(H,30,33)/t18-,22+/m0/s1. The number of pyridine rings is 1. The lowest BCUT2D eigenvalue weighted by atomic mass is 10.0. The molecule has 0 bridgehead atoms. The number of ketones is 1. The van der Waals surface area contributed by atoms with Crippen molar-refractivity contribution in [3.8, 4) is 0 Å². The molecule has 4 N–H and O–H groups in total. The van der Waals surface area contributed by atoms with E-state index in [-0.39, 0.29) is 17.7 Å². The molecule has 3 aromatic rings. The lowest BCUT2D eigenvalue weighted by molar-refractivity contribution is -0.128. The molecule has 0 saturated carbocycles. The Bertz CT molecular complexity index is 1160. The molecule has 33 heavy (non-hydrogen) atoms. The Morgan fingerprint density at radius 2 is 1.97 bits per heavy atom. The number of nitrogens with one attached hydrogen (secondary N) is 2. The van der Waals surface area contributed by atoms with E-state index < -0.39 is 6.04 Å². The normalized spacial score (nSPS) is 17.0. The Labute approximate surface area is 194 Å². The fourth-order valence-corrected chi connectivity index (χ4v) is 4.37. The molecule has 172 valence electrons. The average Bonchev–Trinajstić information content (AvgIpc) is 2.83. The number of nitrogens with two attached hydrogens (primary N) is 1. The van der Waals surface area contributed by atoms with Gasteiger partial charge in [0.15, 0.2) is 5.78 Å². The van der Waals surface area contributed by atoms with E-state index in [1.54, 1.807) is 13.0 Å². The summed E-state index contributed by atoms with van der Waals surface area (Å²) >= 11 is 0. The molecule has 7 nitrogen and oxygen atoms in total. The molecule has 1 fully saturated rings. The monoisotopic (exact) mass is 445 g/mol. The number of benzene rings is 2. The number of Topliss-reactive ketones (excluding diaryl/α,β-unsaturated/α-hetero) is 1. The molecule has 0 unspecified atom stereocenters. The fraction of sp³-hybridized carbons (Fsp3) is 0.346. The smallest absolute Gasteiger partial charge is 0.239 e. The van der Waals surface area contributed by atoms with Crippen LogP contribution < -0.4 is 21.3 Å². The Morgan fingerprint density at radius 3 is 2.79 bits per heavy atom. The van der Waals surface area contributed by atoms with Gasteiger partial charge >= 0.3 is 0 Å². The summed E-state index contributed by atoms with van der Waals surface area (Å²) < 4.78 is 0. The summed E-state index contributed by atoms with van der Waals surface area (Å²) in [6.07, 6.45) is 0.919. The van der Waals surface area contributed by atoms with Crippen LogP contribution in [0.4, 0.5) is 11.5 Å². The van der Waals surface area contributed by atoms with Crippen molar-refractivity contribution in [2.24, 2.45) is 0 Å². The van der Waals surface area contributed by atoms with Crippen molar-refractivity contribution in [3.63, 3.8) is 0 Å². The second-order valence-corrected chi connectivity index (χ2v) is 8.63. The number of nitrogen functional groups attached to an aromatic ring is 1. The Balaban J connectivity index is 1.35. The second kappa shape index (κ2) is 10.0. The van der Waals surface area contributed by atoms with E-state index in [1.165, 1.54) is 10.8 Å². The summed E-state index contributed by atoms with van der Waals surface area (Å²) in [5.74, 6) is 0.327. The third-order valence-electron chi connectivity index (χ3n) is 6.30. The van der Waals surface area contributed by atoms with Gasteiger partial charge in [0.25, 0.3) is 0 Å². The number of carbonyl (C=O) groups excluding carboxylic acids is 2. The zero-order valence-corrected chi connectivity index (χ0v) is 19.2. The van der Waals surface area contributed by atoms with E-state index in [0.29, 0.717) is 31.7 Å². The van der Waals surface area contributed by atoms with Crippen molar-refractivity contribution in [1.82, 2.24) is 15.6 Å². The van der Waals surface area contributed by atoms with E-state index in [4.69, 9.17) is 5.73 Å². The lowest BCUT2D eigenvalue weighted by Crippen LogP contribution is -2.58. The summed E-state index contributed by atoms with van der Waals surface area (Å²) in [5, 5.41) is 8.56. The number of carbonyl (C=O) groups is 2. The molecule has 1 saturated heterocycles. The van der Waals surface area contributed by atoms with Crippen LogP contribution in [0.1, 0.15) is 24.6 Å². The predicted molar refractivity (Wildman–Crippen MR) is 132 cm³/mol. The lowest BCUT2D eigenvalue weighted by Gasteiger charge is -2.35. The van der Waals surface area contributed by atoms with Crippen LogP contribution in [0.25, 0.3) is 10.8 Å². The quantitative estimate of drug-likeness (QED) is 0.517. The number of anilines is 2. The Morgan fingerprint density at radius 1 is 1.18 bits per heavy atom. The van der Waals surface area contributed by atoms with Crippen LogP contribution in [-0.4, -0.2) is 48.4 Å². The van der Waals surface area contributed by atoms with Crippen molar-refractivity contribution < 1.29 is 9.59 Å². The highest BCUT2D eigenvalue weighted by Crippen LogP contribution is 2.27. The van der Waals surface area contributed by atoms with Gasteiger partial charge in [0.1, 0.15) is 11.9 Å². The van der Waals surface area contributed by atoms with Gasteiger partial charge in [-0.1, -0.05) is 42.5 Å². The molecule has 1 aromatic heterocycles. The highest BCUT2D eigenvalue weighted by atomic mass is 16.2. The Kier molecular flexibility index (Phi) is 6.89. The molecular formula is C26H31N5O2. The molecule has 1 aliphatic rings. The number of piperazine rings is 1. The first-order valence-corrected chi connectivity index (χ1v) is 11.4. The predicted octanol–water partition coefficient (Wildman–Crippen LogP) is 2.61. The zero-order valence-electron chi connectivity index (χ0n) is 19.2. The molecular weight excluding hydrogens is 414 g/mol. The largest absolute Gasteiger partial charge is 0.384 e. The van der Waals surface area contributed by atoms with Crippen LogP contribution in [0.3, 0.4) is 0 Å². The molecule has 0 spiro atoms. The molecule has 2 aromatic carbocycles. The SMILES string of the molecule is Cc1nc(N)ccc1CCC(=O)[C@H](C)NC(=O)[C@H]1CN(c2cccc3ccccc23)CCN1. The van der Waals surface area contributed by atoms with Gasteiger partial charge in [0.05, 0.1) is 6.04 Å². The number of fused-ring (bicyclic) bond motifs is 1. The van der Waals surface area contributed by atoms with Crippen molar-refractivity contribution in [2.75, 3.05) is 30.3 Å². The zero-order chi connectivity index (χ0) is 23.4. The maximum atomic E-state index is 12.9. The Hall–Kier alpha value is -3.45. The van der Waals surface area contributed by atoms with Gasteiger partial charge in [-0.2, -0.15) is 0 Å². The summed E-state index contributed by atoms with van der Waals surface area (Å²) in [5.41, 5.74) is 8.65. The van der Waals surface area contributed by atoms with Crippen LogP contribution in [0.5, 0.6) is 0 Å². The first-order valence-electron chi connectivity index (χ1n) is 11.4. The minimum absolute atomic E-state index is 0.00120. The summed E-state index contributed by atoms with van der Waals surface area (Å²) in [6.45, 7) is 5.71. The number of aromatic nitrogens is 1. The summed E-state index contributed by atoms with van der Waals surface area (Å²) in [6, 6.07) is 17.2. The van der Waals surface area contributed by atoms with Crippen LogP contribution in [0.2, 0.25) is 0 Å². The fourth-order valence-electron chi connectivity index (χ4n) is 4.37. The number of hydrogen-bond acceptors (Lipinski definition) is 6. The van der Waals surface area contributed by atoms with E-state index in [2.05, 4.69) is 44.8 Å². The van der Waals surface area contributed by atoms with Crippen LogP contribution in [0, 0.1) is 6.92 Å². The second-order valence-electron chi connectivity index (χ2n) is 8.63. The van der Waals surface area contributed by atoms with Gasteiger partial charge in [-0.05, 0) is 43.4 Å². The third-order valence-corrected chi connectivity index (χ3v) is 6.30. The third kappa shape index (κ3) is 5.31. The average molecular weight is 446 g/mol. The topological polar surface area (TPSA) is 100 Å². The number of aryl methyl sites for hydroxylation is 2. The van der Waals surface area contributed by atoms with Crippen molar-refractivity contribution in [1.29, 1.82) is 0 Å². The van der Waals surface area contributed by atoms with Crippen LogP contribution in [-0.2, 0) is 16.0 Å². The molecule has 7 heteroatoms. The first kappa shape index (κ1) is 22.7. The van der Waals surface area contributed by atoms with Crippen LogP contribution in [0.15, 0.2) is 54.6 Å². The minimum Gasteiger partial charge on any atom is -0.384 e. The van der Waals surface area contributed by atoms with Crippen molar-refractivity contribution in [2.45, 2.75) is 38.8 Å². The van der Waals surface area contributed by atoms with Crippen LogP contribution >= 0.6 is 0 Å². The van der Waals surface area contributed by atoms with E-state index in [9.17, 15) is 9.59 Å². The van der Waals surface area contributed by atoms with E-state index in [0.717, 1.165) is 23.5 Å². The van der Waals surface area contributed by atoms with Gasteiger partial charge < -0.3 is 21.3 Å². The van der Waals surface area contributed by atoms with E-state index in [1.807, 2.05) is 31.2 Å². The maximum Gasteiger partial charge on any atom is 0.239 e.